The Morgan fingerprint density at radius 3 is 2.45 bits per heavy atom. The van der Waals surface area contributed by atoms with Gasteiger partial charge < -0.3 is 10.5 Å². The van der Waals surface area contributed by atoms with Crippen LogP contribution in [-0.2, 0) is 4.74 Å². The van der Waals surface area contributed by atoms with Gasteiger partial charge in [0.2, 0.25) is 0 Å². The van der Waals surface area contributed by atoms with Crippen LogP contribution in [0.25, 0.3) is 0 Å². The highest BCUT2D eigenvalue weighted by Crippen LogP contribution is 2.24. The largest absolute Gasteiger partial charge is 0.378 e. The molecule has 0 aromatic carbocycles. The van der Waals surface area contributed by atoms with Crippen LogP contribution in [0.5, 0.6) is 0 Å². The first kappa shape index (κ1) is 9.01. The summed E-state index contributed by atoms with van der Waals surface area (Å²) in [5.74, 6) is 0. The van der Waals surface area contributed by atoms with Crippen LogP contribution in [0, 0.1) is 5.41 Å². The lowest BCUT2D eigenvalue weighted by atomic mass is 9.93. The van der Waals surface area contributed by atoms with Gasteiger partial charge in [-0.1, -0.05) is 13.8 Å². The summed E-state index contributed by atoms with van der Waals surface area (Å²) in [6.45, 7) is 5.81. The first-order valence-corrected chi connectivity index (χ1v) is 4.46. The van der Waals surface area contributed by atoms with E-state index in [4.69, 9.17) is 10.5 Å². The van der Waals surface area contributed by atoms with Crippen LogP contribution in [0.15, 0.2) is 0 Å². The quantitative estimate of drug-likeness (QED) is 0.672. The molecule has 2 N–H and O–H groups in total. The molecule has 0 aromatic heterocycles. The Bertz CT molecular complexity index is 119. The lowest BCUT2D eigenvalue weighted by Gasteiger charge is -2.30. The van der Waals surface area contributed by atoms with Gasteiger partial charge in [0, 0.05) is 5.41 Å². The van der Waals surface area contributed by atoms with E-state index in [9.17, 15) is 0 Å². The molecule has 0 unspecified atom stereocenters. The van der Waals surface area contributed by atoms with Gasteiger partial charge in [0.1, 0.15) is 0 Å². The van der Waals surface area contributed by atoms with Crippen LogP contribution in [0.4, 0.5) is 0 Å². The Hall–Kier alpha value is -0.0800. The zero-order chi connectivity index (χ0) is 8.32. The normalized spacial score (nSPS) is 19.9. The highest BCUT2D eigenvalue weighted by atomic mass is 16.5. The lowest BCUT2D eigenvalue weighted by molar-refractivity contribution is -0.0332. The summed E-state index contributed by atoms with van der Waals surface area (Å²) >= 11 is 0. The minimum Gasteiger partial charge on any atom is -0.378 e. The summed E-state index contributed by atoms with van der Waals surface area (Å²) < 4.78 is 5.65. The zero-order valence-electron chi connectivity index (χ0n) is 7.60. The molecule has 1 rings (SSSR count). The first-order valence-electron chi connectivity index (χ1n) is 4.46. The summed E-state index contributed by atoms with van der Waals surface area (Å²) in [5, 5.41) is 0. The second kappa shape index (κ2) is 3.55. The van der Waals surface area contributed by atoms with Gasteiger partial charge in [-0.15, -0.1) is 0 Å². The molecule has 0 radical (unpaired) electrons. The highest BCUT2D eigenvalue weighted by molar-refractivity contribution is 4.73. The van der Waals surface area contributed by atoms with Crippen molar-refractivity contribution in [1.82, 2.24) is 0 Å². The minimum atomic E-state index is 0.162. The third-order valence-corrected chi connectivity index (χ3v) is 2.31. The van der Waals surface area contributed by atoms with Crippen LogP contribution >= 0.6 is 0 Å². The van der Waals surface area contributed by atoms with Crippen molar-refractivity contribution in [3.63, 3.8) is 0 Å². The zero-order valence-corrected chi connectivity index (χ0v) is 7.60. The molecule has 1 aliphatic carbocycles. The lowest BCUT2D eigenvalue weighted by Crippen LogP contribution is -2.33. The maximum atomic E-state index is 5.65. The van der Waals surface area contributed by atoms with E-state index in [0.717, 1.165) is 6.61 Å². The molecule has 66 valence electrons. The molecule has 2 heteroatoms. The summed E-state index contributed by atoms with van der Waals surface area (Å²) in [5.41, 5.74) is 5.73. The highest BCUT2D eigenvalue weighted by Gasteiger charge is 2.22. The van der Waals surface area contributed by atoms with Crippen LogP contribution in [0.3, 0.4) is 0 Å². The maximum absolute atomic E-state index is 5.65. The average molecular weight is 157 g/mol. The van der Waals surface area contributed by atoms with Crippen molar-refractivity contribution < 1.29 is 4.74 Å². The van der Waals surface area contributed by atoms with Gasteiger partial charge in [0.05, 0.1) is 12.7 Å². The average Bonchev–Trinajstić information content (AvgIpc) is 1.84. The monoisotopic (exact) mass is 157 g/mol. The topological polar surface area (TPSA) is 35.2 Å². The number of hydrogen-bond donors (Lipinski definition) is 1. The molecule has 1 saturated carbocycles. The molecular weight excluding hydrogens is 138 g/mol. The molecule has 0 saturated heterocycles. The molecule has 1 aliphatic rings. The fraction of sp³-hybridized carbons (Fsp3) is 1.00. The number of ether oxygens (including phenoxy) is 1. The Morgan fingerprint density at radius 1 is 1.45 bits per heavy atom. The van der Waals surface area contributed by atoms with Crippen molar-refractivity contribution in [3.05, 3.63) is 0 Å². The van der Waals surface area contributed by atoms with E-state index in [1.54, 1.807) is 0 Å². The minimum absolute atomic E-state index is 0.162. The summed E-state index contributed by atoms with van der Waals surface area (Å²) in [7, 11) is 0. The van der Waals surface area contributed by atoms with E-state index in [-0.39, 0.29) is 5.41 Å². The van der Waals surface area contributed by atoms with Gasteiger partial charge in [-0.3, -0.25) is 0 Å². The van der Waals surface area contributed by atoms with Gasteiger partial charge in [-0.2, -0.15) is 0 Å². The predicted octanol–water partition coefficient (Wildman–Crippen LogP) is 1.54. The maximum Gasteiger partial charge on any atom is 0.0575 e. The van der Waals surface area contributed by atoms with Crippen molar-refractivity contribution >= 4 is 0 Å². The summed E-state index contributed by atoms with van der Waals surface area (Å²) in [4.78, 5) is 0. The van der Waals surface area contributed by atoms with Crippen molar-refractivity contribution in [1.29, 1.82) is 0 Å². The molecule has 11 heavy (non-hydrogen) atoms. The Labute approximate surface area is 69.1 Å². The fourth-order valence-corrected chi connectivity index (χ4v) is 0.940. The Kier molecular flexibility index (Phi) is 2.90. The molecule has 1 fully saturated rings. The molecule has 0 bridgehead atoms. The second-order valence-electron chi connectivity index (χ2n) is 4.23. The SMILES string of the molecule is CC(C)(CN)COC1CCC1. The molecular formula is C9H19NO. The molecule has 0 aliphatic heterocycles. The van der Waals surface area contributed by atoms with Gasteiger partial charge in [0.15, 0.2) is 0 Å². The van der Waals surface area contributed by atoms with Crippen LogP contribution < -0.4 is 5.73 Å². The van der Waals surface area contributed by atoms with Gasteiger partial charge >= 0.3 is 0 Å². The molecule has 0 spiro atoms. The van der Waals surface area contributed by atoms with Gasteiger partial charge in [0.25, 0.3) is 0 Å². The number of rotatable bonds is 4. The third-order valence-electron chi connectivity index (χ3n) is 2.31. The smallest absolute Gasteiger partial charge is 0.0575 e. The number of nitrogens with two attached hydrogens (primary N) is 1. The summed E-state index contributed by atoms with van der Waals surface area (Å²) in [6.07, 6.45) is 4.38. The standard InChI is InChI=1S/C9H19NO/c1-9(2,6-10)7-11-8-4-3-5-8/h8H,3-7,10H2,1-2H3. The van der Waals surface area contributed by atoms with E-state index in [1.165, 1.54) is 19.3 Å². The Morgan fingerprint density at radius 2 is 2.09 bits per heavy atom. The third kappa shape index (κ3) is 2.80. The van der Waals surface area contributed by atoms with E-state index >= 15 is 0 Å². The first-order chi connectivity index (χ1) is 5.14. The molecule has 0 amide bonds. The molecule has 0 heterocycles. The Balaban J connectivity index is 2.09. The van der Waals surface area contributed by atoms with Crippen molar-refractivity contribution in [3.8, 4) is 0 Å². The van der Waals surface area contributed by atoms with Crippen LogP contribution in [0.2, 0.25) is 0 Å². The second-order valence-corrected chi connectivity index (χ2v) is 4.23. The van der Waals surface area contributed by atoms with Gasteiger partial charge in [-0.25, -0.2) is 0 Å². The molecule has 2 nitrogen and oxygen atoms in total. The number of hydrogen-bond acceptors (Lipinski definition) is 2. The van der Waals surface area contributed by atoms with E-state index < -0.39 is 0 Å². The molecule has 0 aromatic rings. The van der Waals surface area contributed by atoms with Gasteiger partial charge in [-0.05, 0) is 25.8 Å². The molecule has 0 atom stereocenters. The van der Waals surface area contributed by atoms with Crippen LogP contribution in [-0.4, -0.2) is 19.3 Å². The van der Waals surface area contributed by atoms with Crippen molar-refractivity contribution in [2.75, 3.05) is 13.2 Å². The predicted molar refractivity (Wildman–Crippen MR) is 46.4 cm³/mol. The fourth-order valence-electron chi connectivity index (χ4n) is 0.940. The summed E-state index contributed by atoms with van der Waals surface area (Å²) in [6, 6.07) is 0. The van der Waals surface area contributed by atoms with E-state index in [2.05, 4.69) is 13.8 Å². The van der Waals surface area contributed by atoms with E-state index in [1.807, 2.05) is 0 Å². The van der Waals surface area contributed by atoms with E-state index in [0.29, 0.717) is 12.6 Å². The van der Waals surface area contributed by atoms with Crippen molar-refractivity contribution in [2.45, 2.75) is 39.2 Å². The van der Waals surface area contributed by atoms with Crippen LogP contribution in [0.1, 0.15) is 33.1 Å². The van der Waals surface area contributed by atoms with Crippen molar-refractivity contribution in [2.24, 2.45) is 11.1 Å².